The van der Waals surface area contributed by atoms with Gasteiger partial charge in [-0.2, -0.15) is 0 Å². The maximum atomic E-state index is 5.95. The number of halogens is 1. The highest BCUT2D eigenvalue weighted by Gasteiger charge is 2.10. The summed E-state index contributed by atoms with van der Waals surface area (Å²) in [7, 11) is 0. The van der Waals surface area contributed by atoms with Crippen LogP contribution in [0.1, 0.15) is 31.2 Å². The fourth-order valence-electron chi connectivity index (χ4n) is 2.07. The third-order valence-electron chi connectivity index (χ3n) is 2.90. The quantitative estimate of drug-likeness (QED) is 0.737. The normalized spacial score (nSPS) is 11.2. The predicted octanol–water partition coefficient (Wildman–Crippen LogP) is 3.88. The first-order valence-electron chi connectivity index (χ1n) is 5.78. The van der Waals surface area contributed by atoms with Gasteiger partial charge in [0.2, 0.25) is 0 Å². The van der Waals surface area contributed by atoms with E-state index in [0.717, 1.165) is 17.9 Å². The number of hydrogen-bond donors (Lipinski definition) is 0. The topological polar surface area (TPSA) is 17.8 Å². The number of imidazole rings is 1. The highest BCUT2D eigenvalue weighted by molar-refractivity contribution is 6.16. The average Bonchev–Trinajstić information content (AvgIpc) is 2.65. The van der Waals surface area contributed by atoms with E-state index in [1.807, 2.05) is 6.07 Å². The van der Waals surface area contributed by atoms with Gasteiger partial charge in [-0.1, -0.05) is 25.5 Å². The second-order valence-electron chi connectivity index (χ2n) is 4.11. The van der Waals surface area contributed by atoms with Gasteiger partial charge in [-0.05, 0) is 25.0 Å². The smallest absolute Gasteiger partial charge is 0.124 e. The molecule has 1 aromatic carbocycles. The van der Waals surface area contributed by atoms with Crippen LogP contribution in [0.4, 0.5) is 0 Å². The van der Waals surface area contributed by atoms with Gasteiger partial charge in [-0.25, -0.2) is 4.98 Å². The number of fused-ring (bicyclic) bond motifs is 1. The van der Waals surface area contributed by atoms with Crippen molar-refractivity contribution < 1.29 is 0 Å². The monoisotopic (exact) mass is 236 g/mol. The molecular weight excluding hydrogens is 220 g/mol. The summed E-state index contributed by atoms with van der Waals surface area (Å²) in [5.41, 5.74) is 3.58. The molecule has 0 atom stereocenters. The molecule has 16 heavy (non-hydrogen) atoms. The average molecular weight is 237 g/mol. The van der Waals surface area contributed by atoms with Crippen molar-refractivity contribution in [3.63, 3.8) is 0 Å². The van der Waals surface area contributed by atoms with E-state index in [-0.39, 0.29) is 0 Å². The fourth-order valence-corrected chi connectivity index (χ4v) is 2.28. The van der Waals surface area contributed by atoms with Crippen LogP contribution in [-0.4, -0.2) is 9.55 Å². The van der Waals surface area contributed by atoms with Crippen LogP contribution in [0.25, 0.3) is 11.0 Å². The van der Waals surface area contributed by atoms with Crippen LogP contribution in [0.15, 0.2) is 18.2 Å². The second-order valence-corrected chi connectivity index (χ2v) is 4.38. The van der Waals surface area contributed by atoms with Gasteiger partial charge in [-0.3, -0.25) is 0 Å². The summed E-state index contributed by atoms with van der Waals surface area (Å²) >= 11 is 5.95. The zero-order chi connectivity index (χ0) is 11.5. The first-order valence-corrected chi connectivity index (χ1v) is 6.32. The molecule has 0 radical (unpaired) electrons. The molecule has 0 saturated heterocycles. The number of aromatic nitrogens is 2. The summed E-state index contributed by atoms with van der Waals surface area (Å²) < 4.78 is 2.27. The molecule has 0 N–H and O–H groups in total. The van der Waals surface area contributed by atoms with E-state index in [1.54, 1.807) is 0 Å². The van der Waals surface area contributed by atoms with Gasteiger partial charge in [0.15, 0.2) is 0 Å². The minimum absolute atomic E-state index is 0.484. The first kappa shape index (κ1) is 11.5. The van der Waals surface area contributed by atoms with Crippen LogP contribution in [0.5, 0.6) is 0 Å². The molecular formula is C13H17ClN2. The van der Waals surface area contributed by atoms with Gasteiger partial charge in [0, 0.05) is 6.54 Å². The van der Waals surface area contributed by atoms with Crippen molar-refractivity contribution in [1.29, 1.82) is 0 Å². The zero-order valence-electron chi connectivity index (χ0n) is 9.83. The molecule has 0 amide bonds. The maximum absolute atomic E-state index is 5.95. The molecule has 0 spiro atoms. The highest BCUT2D eigenvalue weighted by Crippen LogP contribution is 2.21. The number of aryl methyl sites for hydroxylation is 2. The summed E-state index contributed by atoms with van der Waals surface area (Å²) in [4.78, 5) is 4.58. The summed E-state index contributed by atoms with van der Waals surface area (Å²) in [6.45, 7) is 5.34. The molecule has 0 saturated carbocycles. The Hall–Kier alpha value is -1.02. The lowest BCUT2D eigenvalue weighted by atomic mass is 10.2. The Labute approximate surface area is 101 Å². The molecule has 0 aliphatic rings. The lowest BCUT2D eigenvalue weighted by molar-refractivity contribution is 0.627. The van der Waals surface area contributed by atoms with Crippen molar-refractivity contribution in [1.82, 2.24) is 9.55 Å². The SMILES string of the molecule is CCCCn1c(CCl)nc2cccc(C)c21. The van der Waals surface area contributed by atoms with Crippen molar-refractivity contribution in [3.8, 4) is 0 Å². The number of unbranched alkanes of at least 4 members (excludes halogenated alkanes) is 1. The molecule has 0 fully saturated rings. The lowest BCUT2D eigenvalue weighted by Crippen LogP contribution is -2.02. The van der Waals surface area contributed by atoms with Crippen LogP contribution in [0.3, 0.4) is 0 Å². The van der Waals surface area contributed by atoms with E-state index in [9.17, 15) is 0 Å². The van der Waals surface area contributed by atoms with Gasteiger partial charge in [0.05, 0.1) is 16.9 Å². The van der Waals surface area contributed by atoms with E-state index in [0.29, 0.717) is 5.88 Å². The third-order valence-corrected chi connectivity index (χ3v) is 3.14. The molecule has 0 bridgehead atoms. The van der Waals surface area contributed by atoms with Crippen molar-refractivity contribution in [3.05, 3.63) is 29.6 Å². The molecule has 0 aliphatic heterocycles. The van der Waals surface area contributed by atoms with Crippen LogP contribution in [-0.2, 0) is 12.4 Å². The standard InChI is InChI=1S/C13H17ClN2/c1-3-4-8-16-12(9-14)15-11-7-5-6-10(2)13(11)16/h5-7H,3-4,8-9H2,1-2H3. The van der Waals surface area contributed by atoms with Crippen LogP contribution >= 0.6 is 11.6 Å². The predicted molar refractivity (Wildman–Crippen MR) is 68.9 cm³/mol. The Bertz CT molecular complexity index is 488. The number of benzene rings is 1. The fraction of sp³-hybridized carbons (Fsp3) is 0.462. The zero-order valence-corrected chi connectivity index (χ0v) is 10.6. The van der Waals surface area contributed by atoms with E-state index in [2.05, 4.69) is 35.5 Å². The van der Waals surface area contributed by atoms with Crippen molar-refractivity contribution in [2.75, 3.05) is 0 Å². The summed E-state index contributed by atoms with van der Waals surface area (Å²) in [5, 5.41) is 0. The van der Waals surface area contributed by atoms with E-state index in [4.69, 9.17) is 11.6 Å². The minimum Gasteiger partial charge on any atom is -0.327 e. The van der Waals surface area contributed by atoms with Crippen molar-refractivity contribution >= 4 is 22.6 Å². The largest absolute Gasteiger partial charge is 0.327 e. The van der Waals surface area contributed by atoms with Gasteiger partial charge >= 0.3 is 0 Å². The van der Waals surface area contributed by atoms with E-state index >= 15 is 0 Å². The van der Waals surface area contributed by atoms with Gasteiger partial charge < -0.3 is 4.57 Å². The number of alkyl halides is 1. The number of nitrogens with zero attached hydrogens (tertiary/aromatic N) is 2. The molecule has 2 aromatic rings. The summed E-state index contributed by atoms with van der Waals surface area (Å²) in [5.74, 6) is 1.47. The van der Waals surface area contributed by atoms with Crippen LogP contribution in [0, 0.1) is 6.92 Å². The van der Waals surface area contributed by atoms with Crippen LogP contribution < -0.4 is 0 Å². The Kier molecular flexibility index (Phi) is 3.49. The first-order chi connectivity index (χ1) is 7.77. The van der Waals surface area contributed by atoms with Gasteiger partial charge in [0.1, 0.15) is 5.82 Å². The second kappa shape index (κ2) is 4.88. The molecule has 0 unspecified atom stereocenters. The van der Waals surface area contributed by atoms with E-state index in [1.165, 1.54) is 23.9 Å². The molecule has 2 rings (SSSR count). The molecule has 86 valence electrons. The van der Waals surface area contributed by atoms with Gasteiger partial charge in [0.25, 0.3) is 0 Å². The summed E-state index contributed by atoms with van der Waals surface area (Å²) in [6.07, 6.45) is 2.36. The Balaban J connectivity index is 2.56. The molecule has 1 aromatic heterocycles. The Morgan fingerprint density at radius 3 is 2.88 bits per heavy atom. The third kappa shape index (κ3) is 1.94. The molecule has 2 nitrogen and oxygen atoms in total. The molecule has 1 heterocycles. The number of para-hydroxylation sites is 1. The molecule has 3 heteroatoms. The number of hydrogen-bond acceptors (Lipinski definition) is 1. The van der Waals surface area contributed by atoms with Gasteiger partial charge in [-0.15, -0.1) is 11.6 Å². The molecule has 0 aliphatic carbocycles. The number of rotatable bonds is 4. The lowest BCUT2D eigenvalue weighted by Gasteiger charge is -2.08. The summed E-state index contributed by atoms with van der Waals surface area (Å²) in [6, 6.07) is 6.23. The van der Waals surface area contributed by atoms with Crippen molar-refractivity contribution in [2.24, 2.45) is 0 Å². The maximum Gasteiger partial charge on any atom is 0.124 e. The highest BCUT2D eigenvalue weighted by atomic mass is 35.5. The minimum atomic E-state index is 0.484. The Morgan fingerprint density at radius 1 is 1.38 bits per heavy atom. The van der Waals surface area contributed by atoms with E-state index < -0.39 is 0 Å². The van der Waals surface area contributed by atoms with Crippen LogP contribution in [0.2, 0.25) is 0 Å². The van der Waals surface area contributed by atoms with Crippen molar-refractivity contribution in [2.45, 2.75) is 39.1 Å². The Morgan fingerprint density at radius 2 is 2.19 bits per heavy atom.